The second kappa shape index (κ2) is 13.4. The normalized spacial score (nSPS) is 14.5. The van der Waals surface area contributed by atoms with E-state index in [1.54, 1.807) is 44.2 Å². The highest BCUT2D eigenvalue weighted by molar-refractivity contribution is 9.10. The third kappa shape index (κ3) is 7.70. The first-order chi connectivity index (χ1) is 19.5. The summed E-state index contributed by atoms with van der Waals surface area (Å²) in [6.45, 7) is 4.95. The first-order valence-electron chi connectivity index (χ1n) is 13.7. The van der Waals surface area contributed by atoms with Crippen LogP contribution in [0.4, 0.5) is 5.69 Å². The second-order valence-corrected chi connectivity index (χ2v) is 13.8. The van der Waals surface area contributed by atoms with Crippen molar-refractivity contribution >= 4 is 55.1 Å². The fourth-order valence-electron chi connectivity index (χ4n) is 5.01. The van der Waals surface area contributed by atoms with Gasteiger partial charge in [-0.1, -0.05) is 76.3 Å². The standard InChI is InChI=1S/C31H35BrClN3O4S/c1-21-11-15-28(16-12-21)41(39,40)36(29-18-26(33)14-13-22(29)2)20-30(37)35(19-24-7-6-8-25(32)17-24)23(3)31(38)34-27-9-4-5-10-27/h6-8,11-18,23,27H,4-5,9-10,19-20H2,1-3H3,(H,34,38). The van der Waals surface area contributed by atoms with Crippen molar-refractivity contribution in [1.29, 1.82) is 0 Å². The van der Waals surface area contributed by atoms with Gasteiger partial charge in [-0.15, -0.1) is 0 Å². The van der Waals surface area contributed by atoms with Crippen LogP contribution >= 0.6 is 27.5 Å². The minimum atomic E-state index is -4.16. The monoisotopic (exact) mass is 659 g/mol. The Morgan fingerprint density at radius 3 is 2.37 bits per heavy atom. The van der Waals surface area contributed by atoms with E-state index in [1.165, 1.54) is 17.0 Å². The maximum Gasteiger partial charge on any atom is 0.264 e. The lowest BCUT2D eigenvalue weighted by Crippen LogP contribution is -2.52. The van der Waals surface area contributed by atoms with Crippen LogP contribution in [0.25, 0.3) is 0 Å². The lowest BCUT2D eigenvalue weighted by atomic mass is 10.1. The number of halogens is 2. The smallest absolute Gasteiger partial charge is 0.264 e. The molecule has 0 saturated heterocycles. The molecule has 3 aromatic carbocycles. The van der Waals surface area contributed by atoms with Gasteiger partial charge in [-0.3, -0.25) is 13.9 Å². The number of benzene rings is 3. The summed E-state index contributed by atoms with van der Waals surface area (Å²) in [6.07, 6.45) is 3.94. The van der Waals surface area contributed by atoms with Crippen molar-refractivity contribution in [2.45, 2.75) is 70.0 Å². The van der Waals surface area contributed by atoms with E-state index < -0.39 is 28.5 Å². The average molecular weight is 661 g/mol. The lowest BCUT2D eigenvalue weighted by Gasteiger charge is -2.33. The van der Waals surface area contributed by atoms with Crippen molar-refractivity contribution in [2.24, 2.45) is 0 Å². The van der Waals surface area contributed by atoms with E-state index in [0.29, 0.717) is 16.3 Å². The molecule has 0 aromatic heterocycles. The molecular formula is C31H35BrClN3O4S. The Bertz CT molecular complexity index is 1510. The number of carbonyl (C=O) groups excluding carboxylic acids is 2. The Kier molecular flexibility index (Phi) is 10.2. The molecule has 0 spiro atoms. The fraction of sp³-hybridized carbons (Fsp3) is 0.355. The Labute approximate surface area is 256 Å². The maximum absolute atomic E-state index is 14.1. The summed E-state index contributed by atoms with van der Waals surface area (Å²) in [6, 6.07) is 18.2. The molecule has 2 amide bonds. The van der Waals surface area contributed by atoms with Crippen LogP contribution in [0.3, 0.4) is 0 Å². The summed E-state index contributed by atoms with van der Waals surface area (Å²) in [5.41, 5.74) is 2.66. The molecule has 0 aliphatic heterocycles. The van der Waals surface area contributed by atoms with E-state index in [4.69, 9.17) is 11.6 Å². The molecule has 0 bridgehead atoms. The Balaban J connectivity index is 1.72. The Morgan fingerprint density at radius 2 is 1.71 bits per heavy atom. The van der Waals surface area contributed by atoms with Crippen LogP contribution in [0.1, 0.15) is 49.3 Å². The maximum atomic E-state index is 14.1. The van der Waals surface area contributed by atoms with E-state index in [0.717, 1.165) is 45.6 Å². The molecule has 0 radical (unpaired) electrons. The molecule has 0 heterocycles. The van der Waals surface area contributed by atoms with Gasteiger partial charge in [0.1, 0.15) is 12.6 Å². The number of sulfonamides is 1. The predicted octanol–water partition coefficient (Wildman–Crippen LogP) is 6.39. The number of amides is 2. The van der Waals surface area contributed by atoms with Crippen LogP contribution < -0.4 is 9.62 Å². The predicted molar refractivity (Wildman–Crippen MR) is 166 cm³/mol. The second-order valence-electron chi connectivity index (χ2n) is 10.6. The van der Waals surface area contributed by atoms with Crippen LogP contribution in [0.5, 0.6) is 0 Å². The zero-order valence-corrected chi connectivity index (χ0v) is 26.6. The number of hydrogen-bond donors (Lipinski definition) is 1. The molecule has 1 unspecified atom stereocenters. The highest BCUT2D eigenvalue weighted by atomic mass is 79.9. The molecule has 1 fully saturated rings. The van der Waals surface area contributed by atoms with Gasteiger partial charge < -0.3 is 10.2 Å². The topological polar surface area (TPSA) is 86.8 Å². The van der Waals surface area contributed by atoms with Crippen molar-refractivity contribution in [2.75, 3.05) is 10.8 Å². The molecular weight excluding hydrogens is 626 g/mol. The van der Waals surface area contributed by atoms with Gasteiger partial charge in [0, 0.05) is 22.1 Å². The summed E-state index contributed by atoms with van der Waals surface area (Å²) in [4.78, 5) is 29.0. The largest absolute Gasteiger partial charge is 0.352 e. The van der Waals surface area contributed by atoms with Crippen LogP contribution in [-0.4, -0.2) is 43.8 Å². The molecule has 1 atom stereocenters. The zero-order valence-electron chi connectivity index (χ0n) is 23.4. The third-order valence-corrected chi connectivity index (χ3v) is 9.94. The van der Waals surface area contributed by atoms with Crippen molar-refractivity contribution < 1.29 is 18.0 Å². The molecule has 1 N–H and O–H groups in total. The van der Waals surface area contributed by atoms with Gasteiger partial charge in [-0.2, -0.15) is 0 Å². The van der Waals surface area contributed by atoms with Crippen LogP contribution in [0.2, 0.25) is 5.02 Å². The summed E-state index contributed by atoms with van der Waals surface area (Å²) in [5, 5.41) is 3.43. The van der Waals surface area contributed by atoms with Gasteiger partial charge in [-0.25, -0.2) is 8.42 Å². The van der Waals surface area contributed by atoms with Crippen LogP contribution in [0.15, 0.2) is 76.1 Å². The number of aryl methyl sites for hydroxylation is 2. The van der Waals surface area contributed by atoms with E-state index >= 15 is 0 Å². The van der Waals surface area contributed by atoms with Gasteiger partial charge in [-0.05, 0) is 81.1 Å². The number of rotatable bonds is 10. The number of nitrogens with zero attached hydrogens (tertiary/aromatic N) is 2. The fourth-order valence-corrected chi connectivity index (χ4v) is 7.09. The SMILES string of the molecule is Cc1ccc(S(=O)(=O)N(CC(=O)N(Cc2cccc(Br)c2)C(C)C(=O)NC2CCCC2)c2cc(Cl)ccc2C)cc1. The number of nitrogens with one attached hydrogen (secondary N) is 1. The minimum absolute atomic E-state index is 0.0563. The molecule has 1 aliphatic carbocycles. The van der Waals surface area contributed by atoms with Gasteiger partial charge in [0.15, 0.2) is 0 Å². The highest BCUT2D eigenvalue weighted by Crippen LogP contribution is 2.30. The van der Waals surface area contributed by atoms with E-state index in [-0.39, 0.29) is 23.4 Å². The molecule has 7 nitrogen and oxygen atoms in total. The van der Waals surface area contributed by atoms with Crippen molar-refractivity contribution in [3.63, 3.8) is 0 Å². The summed E-state index contributed by atoms with van der Waals surface area (Å²) >= 11 is 9.77. The summed E-state index contributed by atoms with van der Waals surface area (Å²) < 4.78 is 30.0. The van der Waals surface area contributed by atoms with Gasteiger partial charge in [0.25, 0.3) is 10.0 Å². The first kappa shape index (κ1) is 31.1. The van der Waals surface area contributed by atoms with Crippen molar-refractivity contribution in [3.05, 3.63) is 92.9 Å². The Hall–Kier alpha value is -2.88. The molecule has 3 aromatic rings. The molecule has 218 valence electrons. The van der Waals surface area contributed by atoms with Gasteiger partial charge >= 0.3 is 0 Å². The molecule has 10 heteroatoms. The van der Waals surface area contributed by atoms with E-state index in [1.807, 2.05) is 31.2 Å². The molecule has 1 saturated carbocycles. The van der Waals surface area contributed by atoms with Crippen LogP contribution in [-0.2, 0) is 26.2 Å². The zero-order chi connectivity index (χ0) is 29.7. The van der Waals surface area contributed by atoms with Crippen LogP contribution in [0, 0.1) is 13.8 Å². The van der Waals surface area contributed by atoms with Gasteiger partial charge in [0.2, 0.25) is 11.8 Å². The first-order valence-corrected chi connectivity index (χ1v) is 16.3. The van der Waals surface area contributed by atoms with Crippen molar-refractivity contribution in [3.8, 4) is 0 Å². The minimum Gasteiger partial charge on any atom is -0.352 e. The van der Waals surface area contributed by atoms with Crippen molar-refractivity contribution in [1.82, 2.24) is 10.2 Å². The number of carbonyl (C=O) groups is 2. The lowest BCUT2D eigenvalue weighted by molar-refractivity contribution is -0.139. The number of anilines is 1. The van der Waals surface area contributed by atoms with E-state index in [2.05, 4.69) is 21.2 Å². The van der Waals surface area contributed by atoms with E-state index in [9.17, 15) is 18.0 Å². The molecule has 41 heavy (non-hydrogen) atoms. The Morgan fingerprint density at radius 1 is 1.02 bits per heavy atom. The number of hydrogen-bond acceptors (Lipinski definition) is 4. The molecule has 4 rings (SSSR count). The third-order valence-electron chi connectivity index (χ3n) is 7.44. The quantitative estimate of drug-likeness (QED) is 0.273. The highest BCUT2D eigenvalue weighted by Gasteiger charge is 2.34. The summed E-state index contributed by atoms with van der Waals surface area (Å²) in [7, 11) is -4.16. The average Bonchev–Trinajstić information content (AvgIpc) is 3.44. The molecule has 1 aliphatic rings. The van der Waals surface area contributed by atoms with Gasteiger partial charge in [0.05, 0.1) is 10.6 Å². The summed E-state index contributed by atoms with van der Waals surface area (Å²) in [5.74, 6) is -0.763.